The highest BCUT2D eigenvalue weighted by atomic mass is 16.5. The van der Waals surface area contributed by atoms with Crippen molar-refractivity contribution >= 4 is 11.9 Å². The smallest absolute Gasteiger partial charge is 0.331 e. The predicted octanol–water partition coefficient (Wildman–Crippen LogP) is 2.34. The molecule has 1 heterocycles. The molecule has 1 N–H and O–H groups in total. The van der Waals surface area contributed by atoms with Crippen LogP contribution >= 0.6 is 0 Å². The summed E-state index contributed by atoms with van der Waals surface area (Å²) in [5, 5.41) is 14.4. The van der Waals surface area contributed by atoms with E-state index in [9.17, 15) is 14.8 Å². The second kappa shape index (κ2) is 9.12. The Bertz CT molecular complexity index is 533. The number of nitrogens with zero attached hydrogens (tertiary/aromatic N) is 1. The molecular weight excluding hydrogens is 296 g/mol. The molecule has 1 rings (SSSR count). The van der Waals surface area contributed by atoms with Gasteiger partial charge in [0, 0.05) is 12.1 Å². The van der Waals surface area contributed by atoms with E-state index in [0.717, 1.165) is 25.7 Å². The number of ether oxygens (including phenoxy) is 1. The van der Waals surface area contributed by atoms with Gasteiger partial charge in [0.15, 0.2) is 6.20 Å². The van der Waals surface area contributed by atoms with Crippen LogP contribution in [0.5, 0.6) is 0 Å². The van der Waals surface area contributed by atoms with Crippen LogP contribution in [0, 0.1) is 5.21 Å². The van der Waals surface area contributed by atoms with E-state index in [1.807, 2.05) is 0 Å². The van der Waals surface area contributed by atoms with Crippen LogP contribution in [-0.4, -0.2) is 24.0 Å². The van der Waals surface area contributed by atoms with Crippen molar-refractivity contribution in [1.29, 1.82) is 0 Å². The Morgan fingerprint density at radius 3 is 2.61 bits per heavy atom. The largest absolute Gasteiger partial charge is 0.618 e. The van der Waals surface area contributed by atoms with Gasteiger partial charge in [-0.3, -0.25) is 4.79 Å². The average molecular weight is 322 g/mol. The Balaban J connectivity index is 2.85. The highest BCUT2D eigenvalue weighted by Gasteiger charge is 2.37. The van der Waals surface area contributed by atoms with Crippen LogP contribution in [0.15, 0.2) is 24.4 Å². The van der Waals surface area contributed by atoms with Crippen molar-refractivity contribution < 1.29 is 19.1 Å². The molecule has 0 aromatic carbocycles. The zero-order chi connectivity index (χ0) is 17.3. The molecule has 0 fully saturated rings. The number of rotatable bonds is 9. The van der Waals surface area contributed by atoms with Crippen LogP contribution in [0.1, 0.15) is 63.4 Å². The van der Waals surface area contributed by atoms with Gasteiger partial charge >= 0.3 is 11.9 Å². The molecule has 1 atom stereocenters. The lowest BCUT2D eigenvalue weighted by atomic mass is 9.93. The second-order valence-electron chi connectivity index (χ2n) is 5.73. The minimum Gasteiger partial charge on any atom is -0.618 e. The number of amides is 1. The first-order chi connectivity index (χ1) is 10.9. The second-order valence-corrected chi connectivity index (χ2v) is 5.73. The van der Waals surface area contributed by atoms with E-state index in [0.29, 0.717) is 11.2 Å². The first-order valence-corrected chi connectivity index (χ1v) is 8.12. The number of esters is 1. The number of unbranched alkanes of at least 4 members (excludes halogenated alkanes) is 3. The molecule has 0 aliphatic heterocycles. The van der Waals surface area contributed by atoms with Gasteiger partial charge in [-0.25, -0.2) is 4.79 Å². The SMILES string of the molecule is CCCCCC[C@@](C)(NC(=O)c1cccc[n+]1[O-])C(=O)OCC. The van der Waals surface area contributed by atoms with Crippen LogP contribution in [-0.2, 0) is 9.53 Å². The van der Waals surface area contributed by atoms with Crippen molar-refractivity contribution in [3.05, 3.63) is 35.3 Å². The Kier molecular flexibility index (Phi) is 7.51. The Labute approximate surface area is 137 Å². The summed E-state index contributed by atoms with van der Waals surface area (Å²) in [6.07, 6.45) is 5.67. The lowest BCUT2D eigenvalue weighted by Gasteiger charge is -2.28. The van der Waals surface area contributed by atoms with Gasteiger partial charge < -0.3 is 15.3 Å². The maximum atomic E-state index is 12.3. The van der Waals surface area contributed by atoms with Crippen molar-refractivity contribution in [2.75, 3.05) is 6.61 Å². The number of carbonyl (C=O) groups excluding carboxylic acids is 2. The van der Waals surface area contributed by atoms with E-state index < -0.39 is 17.4 Å². The first kappa shape index (κ1) is 18.9. The monoisotopic (exact) mass is 322 g/mol. The van der Waals surface area contributed by atoms with Crippen LogP contribution in [0.25, 0.3) is 0 Å². The number of nitrogens with one attached hydrogen (secondary N) is 1. The molecule has 1 amide bonds. The molecule has 0 unspecified atom stereocenters. The molecule has 128 valence electrons. The van der Waals surface area contributed by atoms with Crippen molar-refractivity contribution in [1.82, 2.24) is 5.32 Å². The maximum absolute atomic E-state index is 12.3. The van der Waals surface area contributed by atoms with E-state index in [1.54, 1.807) is 26.0 Å². The fourth-order valence-electron chi connectivity index (χ4n) is 2.33. The molecule has 0 radical (unpaired) electrons. The summed E-state index contributed by atoms with van der Waals surface area (Å²) < 4.78 is 5.58. The summed E-state index contributed by atoms with van der Waals surface area (Å²) in [4.78, 5) is 24.6. The third kappa shape index (κ3) is 5.54. The molecule has 0 aliphatic rings. The third-order valence-electron chi connectivity index (χ3n) is 3.70. The number of hydrogen-bond donors (Lipinski definition) is 1. The first-order valence-electron chi connectivity index (χ1n) is 8.12. The topological polar surface area (TPSA) is 82.3 Å². The molecule has 1 aromatic heterocycles. The number of pyridine rings is 1. The fourth-order valence-corrected chi connectivity index (χ4v) is 2.33. The van der Waals surface area contributed by atoms with E-state index in [4.69, 9.17) is 4.74 Å². The molecular formula is C17H26N2O4. The number of aromatic nitrogens is 1. The predicted molar refractivity (Wildman–Crippen MR) is 86.7 cm³/mol. The van der Waals surface area contributed by atoms with Gasteiger partial charge in [0.05, 0.1) is 6.61 Å². The van der Waals surface area contributed by atoms with Crippen LogP contribution in [0.2, 0.25) is 0 Å². The van der Waals surface area contributed by atoms with Gasteiger partial charge in [-0.15, -0.1) is 0 Å². The molecule has 0 bridgehead atoms. The fraction of sp³-hybridized carbons (Fsp3) is 0.588. The normalized spacial score (nSPS) is 13.2. The lowest BCUT2D eigenvalue weighted by Crippen LogP contribution is -2.55. The molecule has 6 nitrogen and oxygen atoms in total. The summed E-state index contributed by atoms with van der Waals surface area (Å²) in [6.45, 7) is 5.72. The van der Waals surface area contributed by atoms with Gasteiger partial charge in [0.25, 0.3) is 5.69 Å². The number of carbonyl (C=O) groups is 2. The van der Waals surface area contributed by atoms with Gasteiger partial charge in [-0.2, -0.15) is 4.73 Å². The molecule has 0 aliphatic carbocycles. The van der Waals surface area contributed by atoms with Gasteiger partial charge in [-0.05, 0) is 26.3 Å². The molecule has 1 aromatic rings. The maximum Gasteiger partial charge on any atom is 0.331 e. The zero-order valence-corrected chi connectivity index (χ0v) is 14.1. The third-order valence-corrected chi connectivity index (χ3v) is 3.70. The average Bonchev–Trinajstić information content (AvgIpc) is 2.52. The number of hydrogen-bond acceptors (Lipinski definition) is 4. The summed E-state index contributed by atoms with van der Waals surface area (Å²) in [6, 6.07) is 4.57. The van der Waals surface area contributed by atoms with Crippen molar-refractivity contribution in [2.24, 2.45) is 0 Å². The standard InChI is InChI=1S/C17H26N2O4/c1-4-6-7-9-12-17(3,16(21)23-5-2)18-15(20)14-11-8-10-13-19(14)22/h8,10-11,13H,4-7,9,12H2,1-3H3,(H,18,20)/t17-/m1/s1. The molecule has 0 spiro atoms. The van der Waals surface area contributed by atoms with E-state index in [1.165, 1.54) is 12.3 Å². The van der Waals surface area contributed by atoms with E-state index in [-0.39, 0.29) is 12.3 Å². The quantitative estimate of drug-likeness (QED) is 0.327. The van der Waals surface area contributed by atoms with Crippen molar-refractivity contribution in [2.45, 2.75) is 58.4 Å². The van der Waals surface area contributed by atoms with Gasteiger partial charge in [-0.1, -0.05) is 32.6 Å². The van der Waals surface area contributed by atoms with Crippen molar-refractivity contribution in [3.63, 3.8) is 0 Å². The van der Waals surface area contributed by atoms with Crippen LogP contribution in [0.3, 0.4) is 0 Å². The Hall–Kier alpha value is -2.11. The molecule has 6 heteroatoms. The molecule has 23 heavy (non-hydrogen) atoms. The van der Waals surface area contributed by atoms with Gasteiger partial charge in [0.2, 0.25) is 0 Å². The Morgan fingerprint density at radius 2 is 2.00 bits per heavy atom. The lowest BCUT2D eigenvalue weighted by molar-refractivity contribution is -0.607. The zero-order valence-electron chi connectivity index (χ0n) is 14.1. The van der Waals surface area contributed by atoms with Crippen LogP contribution in [0.4, 0.5) is 0 Å². The highest BCUT2D eigenvalue weighted by molar-refractivity contribution is 5.95. The summed E-state index contributed by atoms with van der Waals surface area (Å²) in [5.41, 5.74) is -1.18. The van der Waals surface area contributed by atoms with Gasteiger partial charge in [0.1, 0.15) is 5.54 Å². The summed E-state index contributed by atoms with van der Waals surface area (Å²) >= 11 is 0. The Morgan fingerprint density at radius 1 is 1.26 bits per heavy atom. The minimum absolute atomic E-state index is 0.0448. The summed E-state index contributed by atoms with van der Waals surface area (Å²) in [5.74, 6) is -1.05. The minimum atomic E-state index is -1.14. The van der Waals surface area contributed by atoms with Crippen LogP contribution < -0.4 is 10.0 Å². The van der Waals surface area contributed by atoms with E-state index >= 15 is 0 Å². The summed E-state index contributed by atoms with van der Waals surface area (Å²) in [7, 11) is 0. The molecule has 0 saturated heterocycles. The van der Waals surface area contributed by atoms with E-state index in [2.05, 4.69) is 12.2 Å². The highest BCUT2D eigenvalue weighted by Crippen LogP contribution is 2.18. The molecule has 0 saturated carbocycles. The van der Waals surface area contributed by atoms with Crippen molar-refractivity contribution in [3.8, 4) is 0 Å².